The van der Waals surface area contributed by atoms with Gasteiger partial charge in [0.1, 0.15) is 0 Å². The molecule has 11 heteroatoms. The van der Waals surface area contributed by atoms with Crippen LogP contribution in [0.1, 0.15) is 33.2 Å². The van der Waals surface area contributed by atoms with Gasteiger partial charge in [-0.25, -0.2) is 0 Å². The fourth-order valence-corrected chi connectivity index (χ4v) is 3.89. The van der Waals surface area contributed by atoms with Crippen LogP contribution in [0.5, 0.6) is 0 Å². The SMILES string of the molecule is Cn1ncc(Cl)c1-c1c(Cl)oc(C(N)=O)c1[C@@H](CN)Cc1cccc(C(F)(F)F)c1. The first-order chi connectivity index (χ1) is 14.0. The summed E-state index contributed by atoms with van der Waals surface area (Å²) in [4.78, 5) is 12.0. The molecule has 3 aromatic rings. The maximum atomic E-state index is 13.1. The van der Waals surface area contributed by atoms with Crippen LogP contribution >= 0.6 is 23.2 Å². The molecule has 0 aliphatic rings. The summed E-state index contributed by atoms with van der Waals surface area (Å²) in [5.74, 6) is -1.75. The predicted molar refractivity (Wildman–Crippen MR) is 106 cm³/mol. The van der Waals surface area contributed by atoms with E-state index in [1.165, 1.54) is 16.9 Å². The maximum absolute atomic E-state index is 13.1. The number of hydrogen-bond acceptors (Lipinski definition) is 4. The van der Waals surface area contributed by atoms with Gasteiger partial charge in [-0.1, -0.05) is 29.8 Å². The zero-order valence-corrected chi connectivity index (χ0v) is 17.1. The molecule has 0 radical (unpaired) electrons. The summed E-state index contributed by atoms with van der Waals surface area (Å²) in [5.41, 5.74) is 11.9. The van der Waals surface area contributed by atoms with E-state index in [0.717, 1.165) is 12.1 Å². The second-order valence-electron chi connectivity index (χ2n) is 6.66. The van der Waals surface area contributed by atoms with Crippen molar-refractivity contribution in [3.8, 4) is 11.3 Å². The molecule has 1 atom stereocenters. The third kappa shape index (κ3) is 4.19. The smallest absolute Gasteiger partial charge is 0.416 e. The molecule has 0 aliphatic heterocycles. The number of rotatable bonds is 6. The zero-order valence-electron chi connectivity index (χ0n) is 15.6. The highest BCUT2D eigenvalue weighted by molar-refractivity contribution is 6.35. The number of primary amides is 1. The van der Waals surface area contributed by atoms with E-state index in [2.05, 4.69) is 5.10 Å². The minimum absolute atomic E-state index is 0.0190. The molecule has 2 aromatic heterocycles. The van der Waals surface area contributed by atoms with Crippen LogP contribution in [0, 0.1) is 0 Å². The Balaban J connectivity index is 2.14. The lowest BCUT2D eigenvalue weighted by molar-refractivity contribution is -0.137. The summed E-state index contributed by atoms with van der Waals surface area (Å²) in [6.07, 6.45) is -3.02. The number of halogens is 5. The molecule has 3 rings (SSSR count). The van der Waals surface area contributed by atoms with Crippen LogP contribution in [-0.4, -0.2) is 22.2 Å². The summed E-state index contributed by atoms with van der Waals surface area (Å²) in [6.45, 7) is -0.0190. The molecule has 0 aliphatic carbocycles. The zero-order chi connectivity index (χ0) is 22.2. The van der Waals surface area contributed by atoms with Crippen molar-refractivity contribution in [3.05, 3.63) is 63.2 Å². The number of aromatic nitrogens is 2. The number of aryl methyl sites for hydroxylation is 1. The van der Waals surface area contributed by atoms with Crippen LogP contribution in [0.4, 0.5) is 13.2 Å². The van der Waals surface area contributed by atoms with Crippen molar-refractivity contribution in [2.75, 3.05) is 6.54 Å². The van der Waals surface area contributed by atoms with Crippen molar-refractivity contribution in [1.82, 2.24) is 9.78 Å². The summed E-state index contributed by atoms with van der Waals surface area (Å²) < 4.78 is 46.1. The van der Waals surface area contributed by atoms with Gasteiger partial charge in [-0.3, -0.25) is 9.48 Å². The number of benzene rings is 1. The number of alkyl halides is 3. The molecule has 6 nitrogen and oxygen atoms in total. The quantitative estimate of drug-likeness (QED) is 0.569. The van der Waals surface area contributed by atoms with Gasteiger partial charge in [0.2, 0.25) is 5.22 Å². The van der Waals surface area contributed by atoms with E-state index in [9.17, 15) is 18.0 Å². The standard InChI is InChI=1S/C19H17Cl2F3N4O2/c1-28-15(12(20)8-27-28)14-13(16(18(26)29)30-17(14)21)10(7-25)5-9-3-2-4-11(6-9)19(22,23)24/h2-4,6,8,10H,5,7,25H2,1H3,(H2,26,29)/t10-/m1/s1. The minimum Gasteiger partial charge on any atom is -0.438 e. The average Bonchev–Trinajstić information content (AvgIpc) is 3.18. The second-order valence-corrected chi connectivity index (χ2v) is 7.41. The molecular formula is C19H17Cl2F3N4O2. The number of amides is 1. The molecule has 30 heavy (non-hydrogen) atoms. The van der Waals surface area contributed by atoms with Gasteiger partial charge in [-0.05, 0) is 36.2 Å². The van der Waals surface area contributed by atoms with Gasteiger partial charge in [0.15, 0.2) is 5.76 Å². The van der Waals surface area contributed by atoms with E-state index < -0.39 is 23.6 Å². The number of hydrogen-bond donors (Lipinski definition) is 2. The van der Waals surface area contributed by atoms with Crippen LogP contribution in [0.25, 0.3) is 11.3 Å². The molecule has 1 aromatic carbocycles. The highest BCUT2D eigenvalue weighted by Gasteiger charge is 2.33. The Labute approximate surface area is 179 Å². The molecule has 0 bridgehead atoms. The number of carbonyl (C=O) groups excluding carboxylic acids is 1. The van der Waals surface area contributed by atoms with Crippen molar-refractivity contribution in [2.24, 2.45) is 18.5 Å². The Kier molecular flexibility index (Phi) is 6.16. The molecule has 0 saturated carbocycles. The van der Waals surface area contributed by atoms with Crippen molar-refractivity contribution < 1.29 is 22.4 Å². The largest absolute Gasteiger partial charge is 0.438 e. The topological polar surface area (TPSA) is 100 Å². The average molecular weight is 461 g/mol. The van der Waals surface area contributed by atoms with Gasteiger partial charge < -0.3 is 15.9 Å². The molecular weight excluding hydrogens is 444 g/mol. The Bertz CT molecular complexity index is 1070. The van der Waals surface area contributed by atoms with Gasteiger partial charge in [-0.15, -0.1) is 0 Å². The van der Waals surface area contributed by atoms with Gasteiger partial charge >= 0.3 is 6.18 Å². The van der Waals surface area contributed by atoms with Crippen LogP contribution in [0.3, 0.4) is 0 Å². The van der Waals surface area contributed by atoms with Gasteiger partial charge in [-0.2, -0.15) is 18.3 Å². The van der Waals surface area contributed by atoms with Crippen molar-refractivity contribution in [3.63, 3.8) is 0 Å². The van der Waals surface area contributed by atoms with E-state index in [1.807, 2.05) is 0 Å². The lowest BCUT2D eigenvalue weighted by atomic mass is 9.88. The van der Waals surface area contributed by atoms with Crippen LogP contribution in [0.2, 0.25) is 10.2 Å². The number of carbonyl (C=O) groups is 1. The normalized spacial score (nSPS) is 12.9. The fourth-order valence-electron chi connectivity index (χ4n) is 3.36. The van der Waals surface area contributed by atoms with E-state index in [4.69, 9.17) is 39.1 Å². The van der Waals surface area contributed by atoms with Crippen LogP contribution in [0.15, 0.2) is 34.9 Å². The molecule has 2 heterocycles. The Morgan fingerprint density at radius 3 is 2.57 bits per heavy atom. The van der Waals surface area contributed by atoms with Crippen molar-refractivity contribution in [1.29, 1.82) is 0 Å². The predicted octanol–water partition coefficient (Wildman–Crippen LogP) is 4.39. The monoisotopic (exact) mass is 460 g/mol. The summed E-state index contributed by atoms with van der Waals surface area (Å²) in [6, 6.07) is 4.86. The number of furan rings is 1. The third-order valence-corrected chi connectivity index (χ3v) is 5.23. The van der Waals surface area contributed by atoms with Crippen LogP contribution in [-0.2, 0) is 19.6 Å². The van der Waals surface area contributed by atoms with Crippen molar-refractivity contribution >= 4 is 29.1 Å². The molecule has 4 N–H and O–H groups in total. The maximum Gasteiger partial charge on any atom is 0.416 e. The second kappa shape index (κ2) is 8.33. The third-order valence-electron chi connectivity index (χ3n) is 4.69. The van der Waals surface area contributed by atoms with Crippen molar-refractivity contribution in [2.45, 2.75) is 18.5 Å². The fraction of sp³-hybridized carbons (Fsp3) is 0.263. The highest BCUT2D eigenvalue weighted by atomic mass is 35.5. The van der Waals surface area contributed by atoms with Gasteiger partial charge in [0, 0.05) is 18.5 Å². The molecule has 160 valence electrons. The first kappa shape index (κ1) is 22.2. The van der Waals surface area contributed by atoms with Gasteiger partial charge in [0.25, 0.3) is 5.91 Å². The number of nitrogens with zero attached hydrogens (tertiary/aromatic N) is 2. The van der Waals surface area contributed by atoms with E-state index in [0.29, 0.717) is 11.3 Å². The van der Waals surface area contributed by atoms with E-state index >= 15 is 0 Å². The summed E-state index contributed by atoms with van der Waals surface area (Å²) in [5, 5.41) is 4.15. The highest BCUT2D eigenvalue weighted by Crippen LogP contribution is 2.43. The van der Waals surface area contributed by atoms with E-state index in [1.54, 1.807) is 13.1 Å². The summed E-state index contributed by atoms with van der Waals surface area (Å²) >= 11 is 12.5. The van der Waals surface area contributed by atoms with E-state index in [-0.39, 0.29) is 40.1 Å². The van der Waals surface area contributed by atoms with Crippen LogP contribution < -0.4 is 11.5 Å². The number of nitrogens with two attached hydrogens (primary N) is 2. The summed E-state index contributed by atoms with van der Waals surface area (Å²) in [7, 11) is 1.61. The lowest BCUT2D eigenvalue weighted by Crippen LogP contribution is -2.21. The molecule has 0 unspecified atom stereocenters. The Morgan fingerprint density at radius 2 is 2.03 bits per heavy atom. The Hall–Kier alpha value is -2.49. The molecule has 0 spiro atoms. The molecule has 0 fully saturated rings. The first-order valence-corrected chi connectivity index (χ1v) is 9.46. The first-order valence-electron chi connectivity index (χ1n) is 8.70. The Morgan fingerprint density at radius 1 is 1.33 bits per heavy atom. The lowest BCUT2D eigenvalue weighted by Gasteiger charge is -2.18. The minimum atomic E-state index is -4.49. The molecule has 0 saturated heterocycles. The van der Waals surface area contributed by atoms with Gasteiger partial charge in [0.05, 0.1) is 28.0 Å². The molecule has 1 amide bonds.